The summed E-state index contributed by atoms with van der Waals surface area (Å²) in [4.78, 5) is 17.1. The van der Waals surface area contributed by atoms with Gasteiger partial charge in [-0.25, -0.2) is 4.98 Å². The van der Waals surface area contributed by atoms with Crippen LogP contribution in [0, 0.1) is 10.1 Å². The second kappa shape index (κ2) is 5.83. The summed E-state index contributed by atoms with van der Waals surface area (Å²) in [5.74, 6) is 0.979. The summed E-state index contributed by atoms with van der Waals surface area (Å²) in [6.07, 6.45) is 1.94. The van der Waals surface area contributed by atoms with Crippen LogP contribution in [-0.2, 0) is 0 Å². The molecule has 0 aromatic carbocycles. The van der Waals surface area contributed by atoms with Gasteiger partial charge in [-0.15, -0.1) is 0 Å². The van der Waals surface area contributed by atoms with Crippen molar-refractivity contribution in [3.63, 3.8) is 0 Å². The number of piperidine rings is 1. The number of anilines is 2. The molecule has 1 aromatic heterocycles. The van der Waals surface area contributed by atoms with Crippen LogP contribution in [0.5, 0.6) is 0 Å². The first-order valence-electron chi connectivity index (χ1n) is 6.38. The van der Waals surface area contributed by atoms with E-state index in [2.05, 4.69) is 27.6 Å². The molecule has 0 bridgehead atoms. The third-order valence-corrected chi connectivity index (χ3v) is 3.39. The smallest absolute Gasteiger partial charge is 0.311 e. The highest BCUT2D eigenvalue weighted by Crippen LogP contribution is 2.26. The van der Waals surface area contributed by atoms with Crippen molar-refractivity contribution in [2.24, 2.45) is 0 Å². The van der Waals surface area contributed by atoms with Crippen LogP contribution >= 0.6 is 0 Å². The lowest BCUT2D eigenvalue weighted by molar-refractivity contribution is -0.384. The summed E-state index contributed by atoms with van der Waals surface area (Å²) >= 11 is 0. The summed E-state index contributed by atoms with van der Waals surface area (Å²) in [5, 5.41) is 17.1. The summed E-state index contributed by atoms with van der Waals surface area (Å²) in [6, 6.07) is 3.34. The molecule has 0 unspecified atom stereocenters. The van der Waals surface area contributed by atoms with Gasteiger partial charge in [0.2, 0.25) is 5.82 Å². The lowest BCUT2D eigenvalue weighted by atomic mass is 10.1. The molecule has 2 rings (SSSR count). The minimum atomic E-state index is -0.399. The van der Waals surface area contributed by atoms with E-state index in [4.69, 9.17) is 0 Å². The SMILES string of the molecule is CNc1ccc([N+](=O)[O-])c(NC2CCN(C)CC2)n1. The van der Waals surface area contributed by atoms with Gasteiger partial charge in [-0.1, -0.05) is 0 Å². The third-order valence-electron chi connectivity index (χ3n) is 3.39. The number of hydrogen-bond acceptors (Lipinski definition) is 6. The maximum absolute atomic E-state index is 11.0. The predicted octanol–water partition coefficient (Wildman–Crippen LogP) is 1.54. The highest BCUT2D eigenvalue weighted by Gasteiger charge is 2.22. The summed E-state index contributed by atoms with van der Waals surface area (Å²) in [7, 11) is 3.83. The van der Waals surface area contributed by atoms with Crippen LogP contribution in [0.25, 0.3) is 0 Å². The molecule has 0 radical (unpaired) electrons. The van der Waals surface area contributed by atoms with E-state index in [-0.39, 0.29) is 11.7 Å². The van der Waals surface area contributed by atoms with Crippen LogP contribution in [0.15, 0.2) is 12.1 Å². The highest BCUT2D eigenvalue weighted by atomic mass is 16.6. The Kier molecular flexibility index (Phi) is 4.16. The molecule has 0 spiro atoms. The number of pyridine rings is 1. The van der Waals surface area contributed by atoms with Crippen molar-refractivity contribution in [2.75, 3.05) is 37.8 Å². The molecule has 2 N–H and O–H groups in total. The molecule has 19 heavy (non-hydrogen) atoms. The van der Waals surface area contributed by atoms with Crippen molar-refractivity contribution in [3.05, 3.63) is 22.2 Å². The minimum absolute atomic E-state index is 0.0259. The zero-order valence-electron chi connectivity index (χ0n) is 11.2. The second-order valence-electron chi connectivity index (χ2n) is 4.79. The van der Waals surface area contributed by atoms with E-state index >= 15 is 0 Å². The van der Waals surface area contributed by atoms with Gasteiger partial charge in [0.25, 0.3) is 0 Å². The van der Waals surface area contributed by atoms with E-state index in [1.807, 2.05) is 0 Å². The van der Waals surface area contributed by atoms with Crippen LogP contribution in [0.3, 0.4) is 0 Å². The van der Waals surface area contributed by atoms with E-state index in [0.29, 0.717) is 11.6 Å². The Labute approximate surface area is 112 Å². The molecule has 7 heteroatoms. The Bertz CT molecular complexity index is 457. The Morgan fingerprint density at radius 1 is 1.42 bits per heavy atom. The van der Waals surface area contributed by atoms with Crippen molar-refractivity contribution in [3.8, 4) is 0 Å². The second-order valence-corrected chi connectivity index (χ2v) is 4.79. The average Bonchev–Trinajstić information content (AvgIpc) is 2.41. The topological polar surface area (TPSA) is 83.3 Å². The molecule has 7 nitrogen and oxygen atoms in total. The van der Waals surface area contributed by atoms with Gasteiger partial charge in [-0.05, 0) is 39.0 Å². The fourth-order valence-corrected chi connectivity index (χ4v) is 2.19. The van der Waals surface area contributed by atoms with Crippen molar-refractivity contribution < 1.29 is 4.92 Å². The number of aromatic nitrogens is 1. The van der Waals surface area contributed by atoms with Crippen LogP contribution in [0.1, 0.15) is 12.8 Å². The lowest BCUT2D eigenvalue weighted by Gasteiger charge is -2.29. The zero-order valence-corrected chi connectivity index (χ0v) is 11.2. The molecular formula is C12H19N5O2. The van der Waals surface area contributed by atoms with Crippen molar-refractivity contribution in [2.45, 2.75) is 18.9 Å². The van der Waals surface area contributed by atoms with Gasteiger partial charge in [-0.2, -0.15) is 0 Å². The molecule has 0 amide bonds. The molecule has 2 heterocycles. The van der Waals surface area contributed by atoms with Crippen molar-refractivity contribution in [1.82, 2.24) is 9.88 Å². The van der Waals surface area contributed by atoms with E-state index in [1.54, 1.807) is 13.1 Å². The molecular weight excluding hydrogens is 246 g/mol. The molecule has 1 aromatic rings. The minimum Gasteiger partial charge on any atom is -0.373 e. The highest BCUT2D eigenvalue weighted by molar-refractivity contribution is 5.60. The number of nitrogens with one attached hydrogen (secondary N) is 2. The van der Waals surface area contributed by atoms with Crippen LogP contribution in [0.2, 0.25) is 0 Å². The molecule has 1 aliphatic heterocycles. The van der Waals surface area contributed by atoms with Crippen LogP contribution in [-0.4, -0.2) is 48.0 Å². The van der Waals surface area contributed by atoms with Gasteiger partial charge in [0.1, 0.15) is 5.82 Å². The largest absolute Gasteiger partial charge is 0.373 e. The Morgan fingerprint density at radius 2 is 2.11 bits per heavy atom. The lowest BCUT2D eigenvalue weighted by Crippen LogP contribution is -2.37. The van der Waals surface area contributed by atoms with E-state index in [9.17, 15) is 10.1 Å². The molecule has 0 saturated carbocycles. The molecule has 1 aliphatic rings. The number of hydrogen-bond donors (Lipinski definition) is 2. The first-order chi connectivity index (χ1) is 9.10. The summed E-state index contributed by atoms with van der Waals surface area (Å²) in [5.41, 5.74) is 0.0259. The zero-order chi connectivity index (χ0) is 13.8. The monoisotopic (exact) mass is 265 g/mol. The van der Waals surface area contributed by atoms with Gasteiger partial charge in [-0.3, -0.25) is 10.1 Å². The van der Waals surface area contributed by atoms with Gasteiger partial charge < -0.3 is 15.5 Å². The standard InChI is InChI=1S/C12H19N5O2/c1-13-11-4-3-10(17(18)19)12(15-11)14-9-5-7-16(2)8-6-9/h3-4,9H,5-8H2,1-2H3,(H2,13,14,15). The van der Waals surface area contributed by atoms with Crippen molar-refractivity contribution in [1.29, 1.82) is 0 Å². The van der Waals surface area contributed by atoms with Gasteiger partial charge >= 0.3 is 5.69 Å². The molecule has 1 saturated heterocycles. The number of nitrogens with zero attached hydrogens (tertiary/aromatic N) is 3. The normalized spacial score (nSPS) is 17.2. The molecule has 104 valence electrons. The third kappa shape index (κ3) is 3.31. The van der Waals surface area contributed by atoms with Gasteiger partial charge in [0.05, 0.1) is 4.92 Å². The molecule has 0 atom stereocenters. The average molecular weight is 265 g/mol. The van der Waals surface area contributed by atoms with Gasteiger partial charge in [0, 0.05) is 19.2 Å². The maximum Gasteiger partial charge on any atom is 0.311 e. The number of likely N-dealkylation sites (tertiary alicyclic amines) is 1. The Hall–Kier alpha value is -1.89. The molecule has 1 fully saturated rings. The Balaban J connectivity index is 2.15. The summed E-state index contributed by atoms with van der Waals surface area (Å²) < 4.78 is 0. The number of rotatable bonds is 4. The predicted molar refractivity (Wildman–Crippen MR) is 74.6 cm³/mol. The molecule has 0 aliphatic carbocycles. The first-order valence-corrected chi connectivity index (χ1v) is 6.38. The first kappa shape index (κ1) is 13.5. The van der Waals surface area contributed by atoms with E-state index in [0.717, 1.165) is 25.9 Å². The van der Waals surface area contributed by atoms with E-state index < -0.39 is 4.92 Å². The number of nitro groups is 1. The van der Waals surface area contributed by atoms with Gasteiger partial charge in [0.15, 0.2) is 0 Å². The van der Waals surface area contributed by atoms with Crippen LogP contribution in [0.4, 0.5) is 17.3 Å². The fourth-order valence-electron chi connectivity index (χ4n) is 2.19. The maximum atomic E-state index is 11.0. The summed E-state index contributed by atoms with van der Waals surface area (Å²) in [6.45, 7) is 1.99. The fraction of sp³-hybridized carbons (Fsp3) is 0.583. The quantitative estimate of drug-likeness (QED) is 0.634. The van der Waals surface area contributed by atoms with E-state index in [1.165, 1.54) is 6.07 Å². The van der Waals surface area contributed by atoms with Crippen molar-refractivity contribution >= 4 is 17.3 Å². The van der Waals surface area contributed by atoms with Crippen LogP contribution < -0.4 is 10.6 Å². The Morgan fingerprint density at radius 3 is 2.68 bits per heavy atom.